The van der Waals surface area contributed by atoms with Crippen LogP contribution in [-0.4, -0.2) is 16.1 Å². The molecule has 20 heavy (non-hydrogen) atoms. The Morgan fingerprint density at radius 1 is 1.40 bits per heavy atom. The van der Waals surface area contributed by atoms with Crippen molar-refractivity contribution < 1.29 is 9.90 Å². The molecule has 3 heteroatoms. The fourth-order valence-electron chi connectivity index (χ4n) is 3.01. The van der Waals surface area contributed by atoms with Crippen molar-refractivity contribution >= 4 is 16.7 Å². The fraction of sp³-hybridized carbons (Fsp3) is 0.412. The van der Waals surface area contributed by atoms with E-state index in [1.165, 1.54) is 10.9 Å². The molecule has 1 aliphatic carbocycles. The first-order chi connectivity index (χ1) is 9.69. The van der Waals surface area contributed by atoms with Crippen molar-refractivity contribution in [3.05, 3.63) is 41.7 Å². The molecule has 1 N–H and O–H groups in total. The third-order valence-electron chi connectivity index (χ3n) is 4.26. The van der Waals surface area contributed by atoms with Crippen LogP contribution in [0.1, 0.15) is 43.2 Å². The Bertz CT molecular complexity index is 646. The molecular weight excluding hydrogens is 250 g/mol. The van der Waals surface area contributed by atoms with Crippen LogP contribution < -0.4 is 0 Å². The van der Waals surface area contributed by atoms with Crippen molar-refractivity contribution in [2.45, 2.75) is 38.5 Å². The fourth-order valence-corrected chi connectivity index (χ4v) is 3.01. The van der Waals surface area contributed by atoms with Crippen LogP contribution in [0.4, 0.5) is 0 Å². The predicted octanol–water partition coefficient (Wildman–Crippen LogP) is 3.77. The van der Waals surface area contributed by atoms with Crippen molar-refractivity contribution in [3.63, 3.8) is 0 Å². The molecule has 1 aromatic heterocycles. The number of carbonyl (C=O) groups is 1. The summed E-state index contributed by atoms with van der Waals surface area (Å²) < 4.78 is 0. The van der Waals surface area contributed by atoms with Gasteiger partial charge in [-0.2, -0.15) is 0 Å². The number of aryl methyl sites for hydroxylation is 1. The van der Waals surface area contributed by atoms with Gasteiger partial charge in [0.25, 0.3) is 0 Å². The lowest BCUT2D eigenvalue weighted by Gasteiger charge is -2.15. The molecule has 1 heterocycles. The third-order valence-corrected chi connectivity index (χ3v) is 4.26. The number of hydrogen-bond donors (Lipinski definition) is 1. The average Bonchev–Trinajstić information content (AvgIpc) is 3.27. The van der Waals surface area contributed by atoms with Gasteiger partial charge in [0.1, 0.15) is 0 Å². The van der Waals surface area contributed by atoms with Gasteiger partial charge in [-0.3, -0.25) is 9.78 Å². The molecule has 0 aliphatic heterocycles. The Morgan fingerprint density at radius 3 is 2.85 bits per heavy atom. The lowest BCUT2D eigenvalue weighted by molar-refractivity contribution is -0.137. The van der Waals surface area contributed by atoms with Crippen LogP contribution in [0.5, 0.6) is 0 Å². The van der Waals surface area contributed by atoms with Gasteiger partial charge in [-0.1, -0.05) is 19.1 Å². The maximum Gasteiger partial charge on any atom is 0.303 e. The highest BCUT2D eigenvalue weighted by atomic mass is 16.4. The van der Waals surface area contributed by atoms with Gasteiger partial charge in [0.05, 0.1) is 6.42 Å². The minimum atomic E-state index is -0.706. The lowest BCUT2D eigenvalue weighted by atomic mass is 9.89. The molecule has 1 aromatic carbocycles. The van der Waals surface area contributed by atoms with Crippen LogP contribution in [0.15, 0.2) is 30.6 Å². The second kappa shape index (κ2) is 5.23. The summed E-state index contributed by atoms with van der Waals surface area (Å²) in [7, 11) is 0. The van der Waals surface area contributed by atoms with E-state index in [0.717, 1.165) is 30.2 Å². The zero-order valence-electron chi connectivity index (χ0n) is 11.7. The Hall–Kier alpha value is -1.90. The van der Waals surface area contributed by atoms with Crippen molar-refractivity contribution in [2.24, 2.45) is 5.92 Å². The van der Waals surface area contributed by atoms with E-state index in [1.54, 1.807) is 0 Å². The number of nitrogens with zero attached hydrogens (tertiary/aromatic N) is 1. The second-order valence-corrected chi connectivity index (χ2v) is 5.67. The van der Waals surface area contributed by atoms with Crippen molar-refractivity contribution in [2.75, 3.05) is 0 Å². The Labute approximate surface area is 118 Å². The van der Waals surface area contributed by atoms with Crippen LogP contribution in [0.25, 0.3) is 10.8 Å². The normalized spacial score (nSPS) is 16.2. The SMILES string of the molecule is CCc1cncc2cc(C(CC(=O)O)C3CC3)ccc12. The smallest absolute Gasteiger partial charge is 0.303 e. The molecule has 2 aromatic rings. The van der Waals surface area contributed by atoms with E-state index >= 15 is 0 Å². The lowest BCUT2D eigenvalue weighted by Crippen LogP contribution is -2.08. The molecule has 1 fully saturated rings. The molecule has 3 nitrogen and oxygen atoms in total. The first-order valence-corrected chi connectivity index (χ1v) is 7.27. The molecule has 0 radical (unpaired) electrons. The van der Waals surface area contributed by atoms with Crippen molar-refractivity contribution in [1.82, 2.24) is 4.98 Å². The monoisotopic (exact) mass is 269 g/mol. The first kappa shape index (κ1) is 13.1. The summed E-state index contributed by atoms with van der Waals surface area (Å²) in [5.41, 5.74) is 2.40. The Balaban J connectivity index is 2.01. The van der Waals surface area contributed by atoms with Gasteiger partial charge in [-0.25, -0.2) is 0 Å². The molecule has 0 bridgehead atoms. The molecular formula is C17H19NO2. The van der Waals surface area contributed by atoms with Crippen LogP contribution >= 0.6 is 0 Å². The largest absolute Gasteiger partial charge is 0.481 e. The van der Waals surface area contributed by atoms with Gasteiger partial charge in [0.15, 0.2) is 0 Å². The summed E-state index contributed by atoms with van der Waals surface area (Å²) in [6.45, 7) is 2.13. The quantitative estimate of drug-likeness (QED) is 0.899. The van der Waals surface area contributed by atoms with Gasteiger partial charge in [-0.05, 0) is 53.7 Å². The molecule has 1 atom stereocenters. The maximum atomic E-state index is 11.1. The predicted molar refractivity (Wildman–Crippen MR) is 78.8 cm³/mol. The minimum Gasteiger partial charge on any atom is -0.481 e. The van der Waals surface area contributed by atoms with Crippen LogP contribution in [0, 0.1) is 5.92 Å². The standard InChI is InChI=1S/C17H19NO2/c1-2-11-9-18-10-14-7-13(5-6-15(11)14)16(8-17(19)20)12-3-4-12/h5-7,9-10,12,16H,2-4,8H2,1H3,(H,19,20). The van der Waals surface area contributed by atoms with Gasteiger partial charge in [0, 0.05) is 17.8 Å². The highest BCUT2D eigenvalue weighted by Crippen LogP contribution is 2.45. The summed E-state index contributed by atoms with van der Waals surface area (Å²) >= 11 is 0. The minimum absolute atomic E-state index is 0.155. The molecule has 1 aliphatic rings. The van der Waals surface area contributed by atoms with E-state index in [0.29, 0.717) is 5.92 Å². The number of aromatic nitrogens is 1. The summed E-state index contributed by atoms with van der Waals surface area (Å²) in [6.07, 6.45) is 7.30. The average molecular weight is 269 g/mol. The third kappa shape index (κ3) is 2.53. The highest BCUT2D eigenvalue weighted by Gasteiger charge is 2.33. The summed E-state index contributed by atoms with van der Waals surface area (Å²) in [4.78, 5) is 15.4. The molecule has 1 unspecified atom stereocenters. The van der Waals surface area contributed by atoms with Gasteiger partial charge in [-0.15, -0.1) is 0 Å². The Kier molecular flexibility index (Phi) is 3.43. The number of rotatable bonds is 5. The molecule has 0 saturated heterocycles. The van der Waals surface area contributed by atoms with Crippen LogP contribution in [-0.2, 0) is 11.2 Å². The first-order valence-electron chi connectivity index (χ1n) is 7.27. The zero-order chi connectivity index (χ0) is 14.1. The second-order valence-electron chi connectivity index (χ2n) is 5.67. The van der Waals surface area contributed by atoms with E-state index in [4.69, 9.17) is 5.11 Å². The maximum absolute atomic E-state index is 11.1. The van der Waals surface area contributed by atoms with Crippen LogP contribution in [0.3, 0.4) is 0 Å². The number of aliphatic carboxylic acids is 1. The van der Waals surface area contributed by atoms with E-state index in [1.807, 2.05) is 12.4 Å². The molecule has 0 spiro atoms. The van der Waals surface area contributed by atoms with Crippen molar-refractivity contribution in [1.29, 1.82) is 0 Å². The zero-order valence-corrected chi connectivity index (χ0v) is 11.7. The van der Waals surface area contributed by atoms with Crippen LogP contribution in [0.2, 0.25) is 0 Å². The van der Waals surface area contributed by atoms with E-state index in [2.05, 4.69) is 30.1 Å². The number of hydrogen-bond acceptors (Lipinski definition) is 2. The van der Waals surface area contributed by atoms with Gasteiger partial charge >= 0.3 is 5.97 Å². The number of pyridine rings is 1. The topological polar surface area (TPSA) is 50.2 Å². The van der Waals surface area contributed by atoms with E-state index < -0.39 is 5.97 Å². The molecule has 1 saturated carbocycles. The molecule has 0 amide bonds. The number of carboxylic acid groups (broad SMARTS) is 1. The molecule has 104 valence electrons. The van der Waals surface area contributed by atoms with E-state index in [9.17, 15) is 4.79 Å². The van der Waals surface area contributed by atoms with Gasteiger partial charge < -0.3 is 5.11 Å². The number of fused-ring (bicyclic) bond motifs is 1. The summed E-state index contributed by atoms with van der Waals surface area (Å²) in [5, 5.41) is 11.5. The summed E-state index contributed by atoms with van der Waals surface area (Å²) in [6, 6.07) is 6.36. The van der Waals surface area contributed by atoms with E-state index in [-0.39, 0.29) is 12.3 Å². The highest BCUT2D eigenvalue weighted by molar-refractivity contribution is 5.85. The van der Waals surface area contributed by atoms with Gasteiger partial charge in [0.2, 0.25) is 0 Å². The number of benzene rings is 1. The Morgan fingerprint density at radius 2 is 2.20 bits per heavy atom. The molecule has 3 rings (SSSR count). The van der Waals surface area contributed by atoms with Crippen molar-refractivity contribution in [3.8, 4) is 0 Å². The number of carboxylic acids is 1. The summed E-state index contributed by atoms with van der Waals surface area (Å²) in [5.74, 6) is -0.00418.